The number of carbonyl (C=O) groups excluding carboxylic acids is 1. The first kappa shape index (κ1) is 13.8. The maximum atomic E-state index is 12.7. The van der Waals surface area contributed by atoms with Crippen molar-refractivity contribution in [1.29, 1.82) is 0 Å². The quantitative estimate of drug-likeness (QED) is 0.595. The lowest BCUT2D eigenvalue weighted by atomic mass is 10.2. The van der Waals surface area contributed by atoms with E-state index < -0.39 is 11.8 Å². The number of ether oxygens (including phenoxy) is 1. The average Bonchev–Trinajstić information content (AvgIpc) is 2.36. The summed E-state index contributed by atoms with van der Waals surface area (Å²) in [6, 6.07) is 8.07. The van der Waals surface area contributed by atoms with Crippen molar-refractivity contribution in [2.24, 2.45) is 0 Å². The lowest BCUT2D eigenvalue weighted by Gasteiger charge is -2.07. The van der Waals surface area contributed by atoms with Gasteiger partial charge in [-0.15, -0.1) is 0 Å². The average molecular weight is 299 g/mol. The first-order chi connectivity index (χ1) is 8.97. The van der Waals surface area contributed by atoms with E-state index >= 15 is 0 Å². The summed E-state index contributed by atoms with van der Waals surface area (Å²) in [5.74, 6) is -0.774. The Hall–Kier alpha value is -1.58. The third-order valence-electron chi connectivity index (χ3n) is 2.54. The van der Waals surface area contributed by atoms with E-state index in [0.717, 1.165) is 0 Å². The van der Waals surface area contributed by atoms with Crippen LogP contribution in [-0.4, -0.2) is 5.97 Å². The monoisotopic (exact) mass is 298 g/mol. The van der Waals surface area contributed by atoms with Crippen LogP contribution in [0.5, 0.6) is 5.75 Å². The minimum Gasteiger partial charge on any atom is -0.423 e. The molecule has 2 aromatic rings. The molecule has 2 nitrogen and oxygen atoms in total. The molecule has 0 N–H and O–H groups in total. The lowest BCUT2D eigenvalue weighted by Crippen LogP contribution is -2.08. The highest BCUT2D eigenvalue weighted by Gasteiger charge is 2.11. The Balaban J connectivity index is 2.22. The van der Waals surface area contributed by atoms with Gasteiger partial charge in [-0.05, 0) is 48.9 Å². The number of esters is 1. The van der Waals surface area contributed by atoms with Crippen molar-refractivity contribution < 1.29 is 13.9 Å². The van der Waals surface area contributed by atoms with Crippen molar-refractivity contribution in [3.8, 4) is 5.75 Å². The molecule has 0 atom stereocenters. The van der Waals surface area contributed by atoms with E-state index in [1.54, 1.807) is 6.92 Å². The summed E-state index contributed by atoms with van der Waals surface area (Å²) in [5.41, 5.74) is 0.958. The molecule has 0 bridgehead atoms. The number of halogens is 3. The molecule has 0 unspecified atom stereocenters. The van der Waals surface area contributed by atoms with Crippen LogP contribution in [0.4, 0.5) is 4.39 Å². The van der Waals surface area contributed by atoms with Crippen LogP contribution in [0.3, 0.4) is 0 Å². The van der Waals surface area contributed by atoms with E-state index in [-0.39, 0.29) is 11.3 Å². The van der Waals surface area contributed by atoms with Gasteiger partial charge in [-0.3, -0.25) is 0 Å². The molecule has 2 rings (SSSR count). The number of carbonyl (C=O) groups is 1. The molecular formula is C14H9Cl2FO2. The second kappa shape index (κ2) is 5.59. The zero-order valence-electron chi connectivity index (χ0n) is 9.91. The number of hydrogen-bond donors (Lipinski definition) is 0. The Labute approximate surface area is 119 Å². The van der Waals surface area contributed by atoms with Crippen molar-refractivity contribution in [1.82, 2.24) is 0 Å². The van der Waals surface area contributed by atoms with E-state index in [9.17, 15) is 9.18 Å². The number of rotatable bonds is 2. The topological polar surface area (TPSA) is 26.3 Å². The Morgan fingerprint density at radius 2 is 1.63 bits per heavy atom. The fourth-order valence-corrected chi connectivity index (χ4v) is 1.90. The van der Waals surface area contributed by atoms with Gasteiger partial charge in [-0.2, -0.15) is 0 Å². The first-order valence-electron chi connectivity index (χ1n) is 5.41. The Morgan fingerprint density at radius 3 is 2.16 bits per heavy atom. The maximum absolute atomic E-state index is 12.7. The molecule has 0 saturated carbocycles. The summed E-state index contributed by atoms with van der Waals surface area (Å²) in [5, 5.41) is 0.823. The predicted molar refractivity (Wildman–Crippen MR) is 72.6 cm³/mol. The van der Waals surface area contributed by atoms with E-state index in [2.05, 4.69) is 0 Å². The molecule has 19 heavy (non-hydrogen) atoms. The van der Waals surface area contributed by atoms with Crippen LogP contribution in [0.1, 0.15) is 15.9 Å². The van der Waals surface area contributed by atoms with Gasteiger partial charge in [0.1, 0.15) is 11.6 Å². The molecule has 0 aliphatic heterocycles. The lowest BCUT2D eigenvalue weighted by molar-refractivity contribution is 0.0735. The summed E-state index contributed by atoms with van der Waals surface area (Å²) in [6.45, 7) is 1.76. The van der Waals surface area contributed by atoms with Crippen LogP contribution in [0.25, 0.3) is 0 Å². The molecule has 98 valence electrons. The van der Waals surface area contributed by atoms with Crippen molar-refractivity contribution in [2.75, 3.05) is 0 Å². The van der Waals surface area contributed by atoms with Gasteiger partial charge in [-0.25, -0.2) is 9.18 Å². The largest absolute Gasteiger partial charge is 0.423 e. The van der Waals surface area contributed by atoms with Gasteiger partial charge < -0.3 is 4.74 Å². The molecule has 0 amide bonds. The fraction of sp³-hybridized carbons (Fsp3) is 0.0714. The molecule has 0 aliphatic carbocycles. The molecule has 0 aliphatic rings. The second-order valence-corrected chi connectivity index (χ2v) is 4.72. The summed E-state index contributed by atoms with van der Waals surface area (Å²) in [7, 11) is 0. The normalized spacial score (nSPS) is 10.3. The minimum atomic E-state index is -0.601. The summed E-state index contributed by atoms with van der Waals surface area (Å²) in [6.07, 6.45) is 0. The van der Waals surface area contributed by atoms with Gasteiger partial charge in [0.25, 0.3) is 0 Å². The predicted octanol–water partition coefficient (Wildman–Crippen LogP) is 4.66. The third-order valence-corrected chi connectivity index (χ3v) is 3.33. The molecule has 0 spiro atoms. The SMILES string of the molecule is Cc1c(Cl)cc(OC(=O)c2ccc(F)cc2)cc1Cl. The van der Waals surface area contributed by atoms with Crippen LogP contribution >= 0.6 is 23.2 Å². The van der Waals surface area contributed by atoms with Crippen molar-refractivity contribution in [3.05, 3.63) is 63.4 Å². The Morgan fingerprint density at radius 1 is 1.11 bits per heavy atom. The van der Waals surface area contributed by atoms with Crippen molar-refractivity contribution >= 4 is 29.2 Å². The zero-order chi connectivity index (χ0) is 14.0. The van der Waals surface area contributed by atoms with Crippen LogP contribution < -0.4 is 4.74 Å². The fourth-order valence-electron chi connectivity index (χ4n) is 1.43. The van der Waals surface area contributed by atoms with E-state index in [1.165, 1.54) is 36.4 Å². The van der Waals surface area contributed by atoms with Gasteiger partial charge in [-0.1, -0.05) is 23.2 Å². The van der Waals surface area contributed by atoms with Crippen molar-refractivity contribution in [3.63, 3.8) is 0 Å². The van der Waals surface area contributed by atoms with Crippen LogP contribution in [0, 0.1) is 12.7 Å². The molecule has 0 saturated heterocycles. The van der Waals surface area contributed by atoms with Gasteiger partial charge >= 0.3 is 5.97 Å². The van der Waals surface area contributed by atoms with Crippen LogP contribution in [0.2, 0.25) is 10.0 Å². The standard InChI is InChI=1S/C14H9Cl2FO2/c1-8-12(15)6-11(7-13(8)16)19-14(18)9-2-4-10(17)5-3-9/h2-7H,1H3. The molecule has 2 aromatic carbocycles. The zero-order valence-corrected chi connectivity index (χ0v) is 11.4. The highest BCUT2D eigenvalue weighted by molar-refractivity contribution is 6.36. The summed E-state index contributed by atoms with van der Waals surface area (Å²) < 4.78 is 17.9. The van der Waals surface area contributed by atoms with Crippen LogP contribution in [-0.2, 0) is 0 Å². The van der Waals surface area contributed by atoms with E-state index in [4.69, 9.17) is 27.9 Å². The Kier molecular flexibility index (Phi) is 4.08. The summed E-state index contributed by atoms with van der Waals surface area (Å²) >= 11 is 11.9. The molecule has 0 radical (unpaired) electrons. The molecule has 0 fully saturated rings. The summed E-state index contributed by atoms with van der Waals surface area (Å²) in [4.78, 5) is 11.8. The molecule has 0 heterocycles. The van der Waals surface area contributed by atoms with Gasteiger partial charge in [0.2, 0.25) is 0 Å². The third kappa shape index (κ3) is 3.25. The number of benzene rings is 2. The highest BCUT2D eigenvalue weighted by atomic mass is 35.5. The molecule has 0 aromatic heterocycles. The smallest absolute Gasteiger partial charge is 0.343 e. The highest BCUT2D eigenvalue weighted by Crippen LogP contribution is 2.29. The van der Waals surface area contributed by atoms with Gasteiger partial charge in [0.15, 0.2) is 0 Å². The second-order valence-electron chi connectivity index (χ2n) is 3.91. The maximum Gasteiger partial charge on any atom is 0.343 e. The minimum absolute atomic E-state index is 0.245. The van der Waals surface area contributed by atoms with Gasteiger partial charge in [0.05, 0.1) is 5.56 Å². The molecule has 5 heteroatoms. The van der Waals surface area contributed by atoms with Crippen molar-refractivity contribution in [2.45, 2.75) is 6.92 Å². The van der Waals surface area contributed by atoms with Crippen LogP contribution in [0.15, 0.2) is 36.4 Å². The Bertz CT molecular complexity index is 601. The van der Waals surface area contributed by atoms with E-state index in [0.29, 0.717) is 15.6 Å². The first-order valence-corrected chi connectivity index (χ1v) is 6.16. The number of hydrogen-bond acceptors (Lipinski definition) is 2. The van der Waals surface area contributed by atoms with Gasteiger partial charge in [0, 0.05) is 10.0 Å². The molecular weight excluding hydrogens is 290 g/mol. The van der Waals surface area contributed by atoms with E-state index in [1.807, 2.05) is 0 Å².